The number of piperidine rings is 1. The Balaban J connectivity index is 1.66. The number of nitrogens with zero attached hydrogens (tertiary/aromatic N) is 5. The van der Waals surface area contributed by atoms with Gasteiger partial charge in [-0.25, -0.2) is 4.31 Å². The molecular formula is C25H32N6O4S2. The number of rotatable bonds is 8. The van der Waals surface area contributed by atoms with Crippen LogP contribution in [0.1, 0.15) is 46.4 Å². The highest BCUT2D eigenvalue weighted by molar-refractivity contribution is 7.87. The number of hydrogen-bond acceptors (Lipinski definition) is 8. The van der Waals surface area contributed by atoms with Crippen LogP contribution in [0.2, 0.25) is 0 Å². The molecule has 1 aromatic carbocycles. The predicted octanol–water partition coefficient (Wildman–Crippen LogP) is 2.49. The quantitative estimate of drug-likeness (QED) is 0.462. The van der Waals surface area contributed by atoms with E-state index in [1.807, 2.05) is 47.7 Å². The summed E-state index contributed by atoms with van der Waals surface area (Å²) in [4.78, 5) is 28.4. The second-order valence-corrected chi connectivity index (χ2v) is 12.3. The van der Waals surface area contributed by atoms with Gasteiger partial charge in [0.25, 0.3) is 5.91 Å². The van der Waals surface area contributed by atoms with Crippen molar-refractivity contribution in [2.45, 2.75) is 32.4 Å². The summed E-state index contributed by atoms with van der Waals surface area (Å²) >= 11 is 1.43. The van der Waals surface area contributed by atoms with Crippen LogP contribution in [0.25, 0.3) is 0 Å². The van der Waals surface area contributed by atoms with Gasteiger partial charge in [0.15, 0.2) is 0 Å². The van der Waals surface area contributed by atoms with E-state index in [0.717, 1.165) is 19.7 Å². The van der Waals surface area contributed by atoms with Crippen LogP contribution >= 0.6 is 11.3 Å². The minimum atomic E-state index is -3.86. The van der Waals surface area contributed by atoms with Crippen LogP contribution in [-0.4, -0.2) is 66.3 Å². The molecule has 1 aliphatic rings. The molecule has 198 valence electrons. The third-order valence-corrected chi connectivity index (χ3v) is 9.27. The molecule has 1 fully saturated rings. The zero-order valence-electron chi connectivity index (χ0n) is 21.4. The first-order chi connectivity index (χ1) is 17.5. The monoisotopic (exact) mass is 544 g/mol. The SMILES string of the molecule is CC1C(=O)N(S(=O)(=O)N(C)C)CCC1c1cc(N(C)Cc2ccc(CN)cc2)n(C(=O)c2ccsc2)n1. The van der Waals surface area contributed by atoms with Crippen LogP contribution < -0.4 is 10.6 Å². The topological polar surface area (TPSA) is 122 Å². The number of amides is 1. The standard InChI is InChI=1S/C25H32N6O4S2/c1-17-21(9-11-30(24(17)32)37(34,35)28(2)3)22-13-23(31(27-22)25(33)20-10-12-36-16-20)29(4)15-19-7-5-18(14-26)6-8-19/h5-8,10,12-13,16-17,21H,9,11,14-15,26H2,1-4H3. The number of thiophene rings is 1. The van der Waals surface area contributed by atoms with Crippen LogP contribution in [0, 0.1) is 5.92 Å². The molecule has 1 aliphatic heterocycles. The average Bonchev–Trinajstić information content (AvgIpc) is 3.56. The van der Waals surface area contributed by atoms with Crippen molar-refractivity contribution in [3.05, 3.63) is 69.5 Å². The second kappa shape index (κ2) is 10.7. The number of anilines is 1. The van der Waals surface area contributed by atoms with Gasteiger partial charge in [-0.1, -0.05) is 31.2 Å². The van der Waals surface area contributed by atoms with Crippen molar-refractivity contribution in [1.29, 1.82) is 0 Å². The van der Waals surface area contributed by atoms with E-state index in [9.17, 15) is 18.0 Å². The lowest BCUT2D eigenvalue weighted by atomic mass is 9.85. The van der Waals surface area contributed by atoms with Gasteiger partial charge in [0, 0.05) is 64.1 Å². The Labute approximate surface area is 221 Å². The highest BCUT2D eigenvalue weighted by Crippen LogP contribution is 2.36. The molecule has 2 atom stereocenters. The van der Waals surface area contributed by atoms with Gasteiger partial charge in [0.2, 0.25) is 5.91 Å². The number of aromatic nitrogens is 2. The molecule has 3 aromatic rings. The number of benzene rings is 1. The number of nitrogens with two attached hydrogens (primary N) is 1. The van der Waals surface area contributed by atoms with Gasteiger partial charge in [-0.15, -0.1) is 0 Å². The van der Waals surface area contributed by atoms with Gasteiger partial charge in [-0.05, 0) is 29.0 Å². The molecule has 2 N–H and O–H groups in total. The van der Waals surface area contributed by atoms with Crippen molar-refractivity contribution in [3.63, 3.8) is 0 Å². The molecule has 0 radical (unpaired) electrons. The fraction of sp³-hybridized carbons (Fsp3) is 0.400. The van der Waals surface area contributed by atoms with E-state index in [0.29, 0.717) is 36.6 Å². The van der Waals surface area contributed by atoms with Gasteiger partial charge < -0.3 is 10.6 Å². The second-order valence-electron chi connectivity index (χ2n) is 9.42. The van der Waals surface area contributed by atoms with Gasteiger partial charge in [0.1, 0.15) is 5.82 Å². The molecule has 2 unspecified atom stereocenters. The normalized spacial score (nSPS) is 18.4. The van der Waals surface area contributed by atoms with E-state index >= 15 is 0 Å². The summed E-state index contributed by atoms with van der Waals surface area (Å²) in [6, 6.07) is 11.5. The van der Waals surface area contributed by atoms with Crippen LogP contribution in [-0.2, 0) is 28.1 Å². The van der Waals surface area contributed by atoms with Crippen LogP contribution in [0.15, 0.2) is 47.2 Å². The van der Waals surface area contributed by atoms with E-state index in [2.05, 4.69) is 5.10 Å². The highest BCUT2D eigenvalue weighted by atomic mass is 32.2. The molecule has 1 saturated heterocycles. The Morgan fingerprint density at radius 2 is 1.84 bits per heavy atom. The molecule has 3 heterocycles. The zero-order valence-corrected chi connectivity index (χ0v) is 23.0. The number of carbonyl (C=O) groups is 2. The number of hydrogen-bond donors (Lipinski definition) is 1. The summed E-state index contributed by atoms with van der Waals surface area (Å²) in [6.07, 6.45) is 0.410. The number of carbonyl (C=O) groups excluding carboxylic acids is 2. The van der Waals surface area contributed by atoms with Gasteiger partial charge >= 0.3 is 10.2 Å². The molecule has 0 bridgehead atoms. The predicted molar refractivity (Wildman–Crippen MR) is 144 cm³/mol. The van der Waals surface area contributed by atoms with E-state index in [4.69, 9.17) is 5.73 Å². The summed E-state index contributed by atoms with van der Waals surface area (Å²) < 4.78 is 28.6. The summed E-state index contributed by atoms with van der Waals surface area (Å²) in [6.45, 7) is 2.76. The summed E-state index contributed by atoms with van der Waals surface area (Å²) in [5.41, 5.74) is 8.91. The molecular weight excluding hydrogens is 512 g/mol. The lowest BCUT2D eigenvalue weighted by Gasteiger charge is -2.35. The van der Waals surface area contributed by atoms with Crippen LogP contribution in [0.4, 0.5) is 5.82 Å². The maximum absolute atomic E-state index is 13.4. The van der Waals surface area contributed by atoms with Gasteiger partial charge in [-0.2, -0.15) is 33.8 Å². The van der Waals surface area contributed by atoms with Crippen molar-refractivity contribution < 1.29 is 18.0 Å². The summed E-state index contributed by atoms with van der Waals surface area (Å²) in [5.74, 6) is -1.09. The maximum atomic E-state index is 13.4. The van der Waals surface area contributed by atoms with Crippen molar-refractivity contribution in [2.75, 3.05) is 32.6 Å². The lowest BCUT2D eigenvalue weighted by molar-refractivity contribution is -0.133. The molecule has 12 heteroatoms. The first-order valence-corrected chi connectivity index (χ1v) is 14.3. The minimum Gasteiger partial charge on any atom is -0.355 e. The third kappa shape index (κ3) is 5.33. The molecule has 10 nitrogen and oxygen atoms in total. The smallest absolute Gasteiger partial charge is 0.305 e. The maximum Gasteiger partial charge on any atom is 0.305 e. The fourth-order valence-electron chi connectivity index (χ4n) is 4.48. The molecule has 37 heavy (non-hydrogen) atoms. The first-order valence-electron chi connectivity index (χ1n) is 11.9. The molecule has 0 spiro atoms. The molecule has 0 aliphatic carbocycles. The summed E-state index contributed by atoms with van der Waals surface area (Å²) in [7, 11) is 0.832. The molecule has 4 rings (SSSR count). The lowest BCUT2D eigenvalue weighted by Crippen LogP contribution is -2.50. The molecule has 2 aromatic heterocycles. The van der Waals surface area contributed by atoms with Crippen molar-refractivity contribution in [1.82, 2.24) is 18.4 Å². The Bertz CT molecular complexity index is 1370. The van der Waals surface area contributed by atoms with E-state index in [-0.39, 0.29) is 18.4 Å². The average molecular weight is 545 g/mol. The zero-order chi connectivity index (χ0) is 26.9. The van der Waals surface area contributed by atoms with Gasteiger partial charge in [0.05, 0.1) is 11.3 Å². The van der Waals surface area contributed by atoms with Crippen LogP contribution in [0.5, 0.6) is 0 Å². The largest absolute Gasteiger partial charge is 0.355 e. The first kappa shape index (κ1) is 27.0. The summed E-state index contributed by atoms with van der Waals surface area (Å²) in [5, 5.41) is 8.28. The van der Waals surface area contributed by atoms with E-state index in [1.165, 1.54) is 30.1 Å². The molecule has 1 amide bonds. The van der Waals surface area contributed by atoms with Crippen LogP contribution in [0.3, 0.4) is 0 Å². The highest BCUT2D eigenvalue weighted by Gasteiger charge is 2.42. The Hall–Kier alpha value is -3.06. The Morgan fingerprint density at radius 1 is 1.16 bits per heavy atom. The Kier molecular flexibility index (Phi) is 7.83. The fourth-order valence-corrected chi connectivity index (χ4v) is 6.24. The van der Waals surface area contributed by atoms with Crippen molar-refractivity contribution >= 4 is 39.2 Å². The van der Waals surface area contributed by atoms with Crippen molar-refractivity contribution in [3.8, 4) is 0 Å². The Morgan fingerprint density at radius 3 is 2.43 bits per heavy atom. The van der Waals surface area contributed by atoms with Gasteiger partial charge in [-0.3, -0.25) is 9.59 Å². The van der Waals surface area contributed by atoms with E-state index in [1.54, 1.807) is 18.4 Å². The third-order valence-electron chi connectivity index (χ3n) is 6.74. The molecule has 0 saturated carbocycles. The minimum absolute atomic E-state index is 0.0539. The van der Waals surface area contributed by atoms with Crippen molar-refractivity contribution in [2.24, 2.45) is 11.7 Å². The van der Waals surface area contributed by atoms with E-state index < -0.39 is 22.0 Å².